The van der Waals surface area contributed by atoms with Crippen molar-refractivity contribution in [3.63, 3.8) is 0 Å². The standard InChI is InChI=1S/C34H69NO4/c1-3-5-7-9-11-13-14-15-16-17-18-19-21-22-24-26-28-32(37)34(39)31(30-36)35-33(38)29-27-25-23-20-12-10-8-6-4-2/h31-32,34,36-37,39H,3-30H2,1-2H3,(H,35,38). The molecule has 4 N–H and O–H groups in total. The van der Waals surface area contributed by atoms with Gasteiger partial charge in [0.1, 0.15) is 6.10 Å². The Hall–Kier alpha value is -0.650. The predicted octanol–water partition coefficient (Wildman–Crippen LogP) is 8.76. The Morgan fingerprint density at radius 3 is 1.23 bits per heavy atom. The van der Waals surface area contributed by atoms with Gasteiger partial charge in [-0.05, 0) is 12.8 Å². The average molecular weight is 556 g/mol. The zero-order chi connectivity index (χ0) is 28.8. The first-order chi connectivity index (χ1) is 19.1. The molecule has 0 aliphatic rings. The summed E-state index contributed by atoms with van der Waals surface area (Å²) in [5.74, 6) is -0.148. The summed E-state index contributed by atoms with van der Waals surface area (Å²) in [6, 6.07) is -0.799. The molecule has 0 saturated heterocycles. The van der Waals surface area contributed by atoms with Gasteiger partial charge in [0.15, 0.2) is 0 Å². The third-order valence-corrected chi connectivity index (χ3v) is 8.21. The zero-order valence-corrected chi connectivity index (χ0v) is 26.3. The van der Waals surface area contributed by atoms with Crippen LogP contribution in [0.4, 0.5) is 0 Å². The molecule has 3 unspecified atom stereocenters. The molecule has 0 fully saturated rings. The Balaban J connectivity index is 3.66. The molecule has 0 spiro atoms. The maximum Gasteiger partial charge on any atom is 0.220 e. The van der Waals surface area contributed by atoms with Crippen molar-refractivity contribution in [2.24, 2.45) is 0 Å². The fourth-order valence-corrected chi connectivity index (χ4v) is 5.45. The topological polar surface area (TPSA) is 89.8 Å². The monoisotopic (exact) mass is 556 g/mol. The lowest BCUT2D eigenvalue weighted by atomic mass is 9.99. The summed E-state index contributed by atoms with van der Waals surface area (Å²) in [6.45, 7) is 4.14. The molecule has 234 valence electrons. The van der Waals surface area contributed by atoms with E-state index in [0.29, 0.717) is 12.8 Å². The van der Waals surface area contributed by atoms with E-state index in [1.54, 1.807) is 0 Å². The van der Waals surface area contributed by atoms with Crippen LogP contribution in [0, 0.1) is 0 Å². The molecule has 0 aromatic carbocycles. The molecule has 0 rings (SSSR count). The highest BCUT2D eigenvalue weighted by Gasteiger charge is 2.26. The molecule has 0 aliphatic carbocycles. The van der Waals surface area contributed by atoms with Gasteiger partial charge in [0.05, 0.1) is 18.8 Å². The second-order valence-electron chi connectivity index (χ2n) is 12.1. The van der Waals surface area contributed by atoms with Crippen LogP contribution in [-0.2, 0) is 4.79 Å². The van der Waals surface area contributed by atoms with Crippen LogP contribution in [0.1, 0.15) is 187 Å². The van der Waals surface area contributed by atoms with Gasteiger partial charge in [-0.2, -0.15) is 0 Å². The highest BCUT2D eigenvalue weighted by Crippen LogP contribution is 2.16. The molecule has 0 bridgehead atoms. The lowest BCUT2D eigenvalue weighted by Crippen LogP contribution is -2.50. The van der Waals surface area contributed by atoms with Crippen LogP contribution in [0.25, 0.3) is 0 Å². The van der Waals surface area contributed by atoms with Crippen molar-refractivity contribution < 1.29 is 20.1 Å². The van der Waals surface area contributed by atoms with Gasteiger partial charge in [-0.3, -0.25) is 4.79 Å². The quantitative estimate of drug-likeness (QED) is 0.0644. The SMILES string of the molecule is CCCCCCCCCCCCCCCCCCC(O)C(O)C(CO)NC(=O)CCCCCCCCCCC. The molecule has 39 heavy (non-hydrogen) atoms. The molecule has 0 aliphatic heterocycles. The average Bonchev–Trinajstić information content (AvgIpc) is 2.94. The number of nitrogens with one attached hydrogen (secondary N) is 1. The summed E-state index contributed by atoms with van der Waals surface area (Å²) in [5, 5.41) is 33.2. The Morgan fingerprint density at radius 1 is 0.538 bits per heavy atom. The predicted molar refractivity (Wildman–Crippen MR) is 167 cm³/mol. The van der Waals surface area contributed by atoms with Crippen molar-refractivity contribution in [1.29, 1.82) is 0 Å². The second kappa shape index (κ2) is 30.3. The first-order valence-electron chi connectivity index (χ1n) is 17.3. The highest BCUT2D eigenvalue weighted by atomic mass is 16.3. The van der Waals surface area contributed by atoms with Crippen molar-refractivity contribution in [1.82, 2.24) is 5.32 Å². The van der Waals surface area contributed by atoms with Crippen LogP contribution in [0.2, 0.25) is 0 Å². The van der Waals surface area contributed by atoms with Crippen LogP contribution in [-0.4, -0.2) is 46.1 Å². The van der Waals surface area contributed by atoms with Gasteiger partial charge in [-0.1, -0.05) is 168 Å². The van der Waals surface area contributed by atoms with E-state index in [1.807, 2.05) is 0 Å². The smallest absolute Gasteiger partial charge is 0.220 e. The number of carbonyl (C=O) groups is 1. The zero-order valence-electron chi connectivity index (χ0n) is 26.3. The Bertz CT molecular complexity index is 502. The van der Waals surface area contributed by atoms with Gasteiger partial charge in [-0.25, -0.2) is 0 Å². The molecular formula is C34H69NO4. The normalized spacial score (nSPS) is 13.9. The molecule has 0 aromatic heterocycles. The van der Waals surface area contributed by atoms with Crippen LogP contribution in [0.5, 0.6) is 0 Å². The number of rotatable bonds is 31. The molecule has 5 nitrogen and oxygen atoms in total. The Morgan fingerprint density at radius 2 is 0.872 bits per heavy atom. The van der Waals surface area contributed by atoms with E-state index in [2.05, 4.69) is 19.2 Å². The van der Waals surface area contributed by atoms with E-state index in [1.165, 1.54) is 128 Å². The molecule has 0 radical (unpaired) electrons. The van der Waals surface area contributed by atoms with E-state index < -0.39 is 18.2 Å². The summed E-state index contributed by atoms with van der Waals surface area (Å²) >= 11 is 0. The van der Waals surface area contributed by atoms with E-state index >= 15 is 0 Å². The van der Waals surface area contributed by atoms with E-state index in [4.69, 9.17) is 0 Å². The summed E-state index contributed by atoms with van der Waals surface area (Å²) < 4.78 is 0. The van der Waals surface area contributed by atoms with Gasteiger partial charge in [0, 0.05) is 6.42 Å². The molecule has 5 heteroatoms. The maximum atomic E-state index is 12.2. The number of aliphatic hydroxyl groups is 3. The lowest BCUT2D eigenvalue weighted by Gasteiger charge is -2.26. The summed E-state index contributed by atoms with van der Waals surface area (Å²) in [7, 11) is 0. The number of hydrogen-bond donors (Lipinski definition) is 4. The van der Waals surface area contributed by atoms with Crippen LogP contribution < -0.4 is 5.32 Å². The second-order valence-corrected chi connectivity index (χ2v) is 12.1. The van der Waals surface area contributed by atoms with Crippen molar-refractivity contribution in [3.05, 3.63) is 0 Å². The molecule has 0 heterocycles. The first kappa shape index (κ1) is 38.4. The fourth-order valence-electron chi connectivity index (χ4n) is 5.45. The number of carbonyl (C=O) groups excluding carboxylic acids is 1. The number of hydrogen-bond acceptors (Lipinski definition) is 4. The van der Waals surface area contributed by atoms with Gasteiger partial charge in [-0.15, -0.1) is 0 Å². The largest absolute Gasteiger partial charge is 0.394 e. The van der Waals surface area contributed by atoms with Crippen LogP contribution in [0.15, 0.2) is 0 Å². The minimum Gasteiger partial charge on any atom is -0.394 e. The Kier molecular flexibility index (Phi) is 29.8. The van der Waals surface area contributed by atoms with E-state index in [9.17, 15) is 20.1 Å². The van der Waals surface area contributed by atoms with E-state index in [-0.39, 0.29) is 12.5 Å². The van der Waals surface area contributed by atoms with Crippen molar-refractivity contribution in [2.75, 3.05) is 6.61 Å². The molecule has 0 saturated carbocycles. The molecule has 0 aromatic rings. The van der Waals surface area contributed by atoms with Crippen LogP contribution in [0.3, 0.4) is 0 Å². The Labute approximate surface area is 243 Å². The van der Waals surface area contributed by atoms with Crippen molar-refractivity contribution >= 4 is 5.91 Å². The van der Waals surface area contributed by atoms with Gasteiger partial charge >= 0.3 is 0 Å². The number of aliphatic hydroxyl groups excluding tert-OH is 3. The summed E-state index contributed by atoms with van der Waals surface area (Å²) in [6.07, 6.45) is 30.5. The van der Waals surface area contributed by atoms with Crippen molar-refractivity contribution in [2.45, 2.75) is 205 Å². The summed E-state index contributed by atoms with van der Waals surface area (Å²) in [5.41, 5.74) is 0. The summed E-state index contributed by atoms with van der Waals surface area (Å²) in [4.78, 5) is 12.2. The van der Waals surface area contributed by atoms with E-state index in [0.717, 1.165) is 32.1 Å². The maximum absolute atomic E-state index is 12.2. The third-order valence-electron chi connectivity index (χ3n) is 8.21. The number of unbranched alkanes of at least 4 members (excludes halogenated alkanes) is 23. The lowest BCUT2D eigenvalue weighted by molar-refractivity contribution is -0.124. The molecule has 3 atom stereocenters. The van der Waals surface area contributed by atoms with Crippen molar-refractivity contribution in [3.8, 4) is 0 Å². The molecule has 1 amide bonds. The van der Waals surface area contributed by atoms with Gasteiger partial charge in [0.2, 0.25) is 5.91 Å². The molecular weight excluding hydrogens is 486 g/mol. The van der Waals surface area contributed by atoms with Crippen LogP contribution >= 0.6 is 0 Å². The third kappa shape index (κ3) is 26.0. The van der Waals surface area contributed by atoms with Gasteiger partial charge in [0.25, 0.3) is 0 Å². The van der Waals surface area contributed by atoms with Gasteiger partial charge < -0.3 is 20.6 Å². The fraction of sp³-hybridized carbons (Fsp3) is 0.971. The minimum atomic E-state index is -1.13. The highest BCUT2D eigenvalue weighted by molar-refractivity contribution is 5.76. The first-order valence-corrected chi connectivity index (χ1v) is 17.3. The number of amides is 1. The minimum absolute atomic E-state index is 0.148.